The maximum Gasteiger partial charge on any atom is 0.263 e. The number of para-hydroxylation sites is 1. The third kappa shape index (κ3) is 3.36. The Balaban J connectivity index is 2.35. The van der Waals surface area contributed by atoms with Crippen molar-refractivity contribution in [1.29, 1.82) is 0 Å². The van der Waals surface area contributed by atoms with Gasteiger partial charge in [0.05, 0.1) is 16.9 Å². The van der Waals surface area contributed by atoms with Crippen molar-refractivity contribution in [1.82, 2.24) is 4.98 Å². The number of aromatic nitrogens is 1. The monoisotopic (exact) mass is 306 g/mol. The summed E-state index contributed by atoms with van der Waals surface area (Å²) >= 11 is 0. The molecule has 0 unspecified atom stereocenters. The molecule has 0 saturated heterocycles. The Hall–Kier alpha value is -2.45. The highest BCUT2D eigenvalue weighted by molar-refractivity contribution is 7.92. The summed E-state index contributed by atoms with van der Waals surface area (Å²) in [6.07, 6.45) is 1.21. The molecule has 7 nitrogen and oxygen atoms in total. The number of sulfonamides is 1. The zero-order valence-electron chi connectivity index (χ0n) is 11.0. The molecule has 0 radical (unpaired) electrons. The molecular weight excluding hydrogens is 292 g/mol. The number of pyridine rings is 1. The first-order chi connectivity index (χ1) is 9.94. The third-order valence-electron chi connectivity index (χ3n) is 2.75. The average molecular weight is 306 g/mol. The van der Waals surface area contributed by atoms with E-state index in [1.807, 2.05) is 0 Å². The normalized spacial score (nSPS) is 11.1. The smallest absolute Gasteiger partial charge is 0.263 e. The predicted octanol–water partition coefficient (Wildman–Crippen LogP) is 0.440. The van der Waals surface area contributed by atoms with Crippen molar-refractivity contribution >= 4 is 21.6 Å². The lowest BCUT2D eigenvalue weighted by Crippen LogP contribution is -2.18. The Bertz CT molecular complexity index is 757. The van der Waals surface area contributed by atoms with Crippen molar-refractivity contribution in [3.63, 3.8) is 0 Å². The van der Waals surface area contributed by atoms with E-state index in [2.05, 4.69) is 9.71 Å². The minimum Gasteiger partial charge on any atom is -0.366 e. The summed E-state index contributed by atoms with van der Waals surface area (Å²) in [4.78, 5) is 15.2. The van der Waals surface area contributed by atoms with Crippen LogP contribution in [0.25, 0.3) is 0 Å². The van der Waals surface area contributed by atoms with Crippen LogP contribution in [0.2, 0.25) is 0 Å². The molecular formula is C13H14N4O3S. The molecule has 0 atom stereocenters. The highest BCUT2D eigenvalue weighted by atomic mass is 32.2. The number of anilines is 1. The minimum atomic E-state index is -3.86. The number of primary amides is 1. The van der Waals surface area contributed by atoms with Crippen LogP contribution in [0.3, 0.4) is 0 Å². The van der Waals surface area contributed by atoms with Crippen LogP contribution in [0.1, 0.15) is 16.1 Å². The van der Waals surface area contributed by atoms with E-state index in [0.29, 0.717) is 5.69 Å². The molecule has 0 aliphatic heterocycles. The molecule has 0 aliphatic carbocycles. The minimum absolute atomic E-state index is 0.0287. The van der Waals surface area contributed by atoms with Gasteiger partial charge in [-0.3, -0.25) is 14.5 Å². The average Bonchev–Trinajstić information content (AvgIpc) is 2.47. The van der Waals surface area contributed by atoms with Gasteiger partial charge >= 0.3 is 0 Å². The zero-order chi connectivity index (χ0) is 15.5. The SMILES string of the molecule is NCc1ccc(S(=O)(=O)Nc2ccccc2C(N)=O)cn1. The molecule has 1 aromatic heterocycles. The van der Waals surface area contributed by atoms with E-state index in [1.54, 1.807) is 12.1 Å². The number of hydrogen-bond acceptors (Lipinski definition) is 5. The first-order valence-electron chi connectivity index (χ1n) is 6.00. The molecule has 2 aromatic rings. The lowest BCUT2D eigenvalue weighted by Gasteiger charge is -2.10. The maximum atomic E-state index is 12.2. The summed E-state index contributed by atoms with van der Waals surface area (Å²) in [7, 11) is -3.86. The predicted molar refractivity (Wildman–Crippen MR) is 77.9 cm³/mol. The fraction of sp³-hybridized carbons (Fsp3) is 0.0769. The Kier molecular flexibility index (Phi) is 4.20. The second-order valence-electron chi connectivity index (χ2n) is 4.20. The fourth-order valence-corrected chi connectivity index (χ4v) is 2.71. The summed E-state index contributed by atoms with van der Waals surface area (Å²) in [6.45, 7) is 0.221. The zero-order valence-corrected chi connectivity index (χ0v) is 11.8. The van der Waals surface area contributed by atoms with Crippen molar-refractivity contribution in [3.05, 3.63) is 53.9 Å². The van der Waals surface area contributed by atoms with E-state index in [-0.39, 0.29) is 22.7 Å². The van der Waals surface area contributed by atoms with Crippen LogP contribution in [-0.2, 0) is 16.6 Å². The van der Waals surface area contributed by atoms with E-state index in [4.69, 9.17) is 11.5 Å². The van der Waals surface area contributed by atoms with E-state index in [9.17, 15) is 13.2 Å². The molecule has 1 amide bonds. The van der Waals surface area contributed by atoms with Gasteiger partial charge in [-0.2, -0.15) is 0 Å². The van der Waals surface area contributed by atoms with Crippen LogP contribution >= 0.6 is 0 Å². The van der Waals surface area contributed by atoms with Gasteiger partial charge in [-0.25, -0.2) is 8.42 Å². The van der Waals surface area contributed by atoms with Gasteiger partial charge in [-0.05, 0) is 24.3 Å². The van der Waals surface area contributed by atoms with Crippen molar-refractivity contribution in [3.8, 4) is 0 Å². The molecule has 0 saturated carbocycles. The standard InChI is InChI=1S/C13H14N4O3S/c14-7-9-5-6-10(8-16-9)21(19,20)17-12-4-2-1-3-11(12)13(15)18/h1-6,8,17H,7,14H2,(H2,15,18). The number of carbonyl (C=O) groups excluding carboxylic acids is 1. The fourth-order valence-electron chi connectivity index (χ4n) is 1.68. The molecule has 21 heavy (non-hydrogen) atoms. The van der Waals surface area contributed by atoms with Crippen LogP contribution in [0.15, 0.2) is 47.5 Å². The summed E-state index contributed by atoms with van der Waals surface area (Å²) in [5, 5.41) is 0. The Morgan fingerprint density at radius 1 is 1.19 bits per heavy atom. The molecule has 0 spiro atoms. The van der Waals surface area contributed by atoms with Crippen molar-refractivity contribution in [2.24, 2.45) is 11.5 Å². The van der Waals surface area contributed by atoms with Gasteiger partial charge in [0.25, 0.3) is 15.9 Å². The van der Waals surface area contributed by atoms with Crippen molar-refractivity contribution < 1.29 is 13.2 Å². The summed E-state index contributed by atoms with van der Waals surface area (Å²) in [5.74, 6) is -0.718. The Morgan fingerprint density at radius 2 is 1.90 bits per heavy atom. The number of carbonyl (C=O) groups is 1. The van der Waals surface area contributed by atoms with Gasteiger partial charge < -0.3 is 11.5 Å². The number of benzene rings is 1. The molecule has 1 heterocycles. The van der Waals surface area contributed by atoms with Gasteiger partial charge in [0.2, 0.25) is 0 Å². The molecule has 110 valence electrons. The molecule has 0 fully saturated rings. The summed E-state index contributed by atoms with van der Waals surface area (Å²) in [5.41, 5.74) is 11.4. The van der Waals surface area contributed by atoms with Gasteiger partial charge in [-0.1, -0.05) is 12.1 Å². The molecule has 5 N–H and O–H groups in total. The highest BCUT2D eigenvalue weighted by Crippen LogP contribution is 2.19. The Labute approximate surface area is 122 Å². The van der Waals surface area contributed by atoms with Gasteiger partial charge in [0.15, 0.2) is 0 Å². The summed E-state index contributed by atoms with van der Waals surface area (Å²) < 4.78 is 26.8. The molecule has 0 bridgehead atoms. The molecule has 2 rings (SSSR count). The first-order valence-corrected chi connectivity index (χ1v) is 7.49. The molecule has 1 aromatic carbocycles. The van der Waals surface area contributed by atoms with Gasteiger partial charge in [0.1, 0.15) is 4.90 Å². The van der Waals surface area contributed by atoms with Crippen molar-refractivity contribution in [2.45, 2.75) is 11.4 Å². The van der Waals surface area contributed by atoms with E-state index in [1.165, 1.54) is 30.5 Å². The number of rotatable bonds is 5. The van der Waals surface area contributed by atoms with Crippen LogP contribution in [0, 0.1) is 0 Å². The highest BCUT2D eigenvalue weighted by Gasteiger charge is 2.17. The van der Waals surface area contributed by atoms with E-state index < -0.39 is 15.9 Å². The second kappa shape index (κ2) is 5.90. The second-order valence-corrected chi connectivity index (χ2v) is 5.89. The quantitative estimate of drug-likeness (QED) is 0.738. The van der Waals surface area contributed by atoms with Crippen LogP contribution in [0.4, 0.5) is 5.69 Å². The van der Waals surface area contributed by atoms with Crippen LogP contribution < -0.4 is 16.2 Å². The number of nitrogens with zero attached hydrogens (tertiary/aromatic N) is 1. The maximum absolute atomic E-state index is 12.2. The number of amides is 1. The van der Waals surface area contributed by atoms with Gasteiger partial charge in [0, 0.05) is 12.7 Å². The van der Waals surface area contributed by atoms with E-state index >= 15 is 0 Å². The lowest BCUT2D eigenvalue weighted by molar-refractivity contribution is 0.100. The molecule has 0 aliphatic rings. The van der Waals surface area contributed by atoms with Crippen LogP contribution in [0.5, 0.6) is 0 Å². The van der Waals surface area contributed by atoms with Crippen molar-refractivity contribution in [2.75, 3.05) is 4.72 Å². The topological polar surface area (TPSA) is 128 Å². The van der Waals surface area contributed by atoms with Gasteiger partial charge in [-0.15, -0.1) is 0 Å². The third-order valence-corrected chi connectivity index (χ3v) is 4.10. The largest absolute Gasteiger partial charge is 0.366 e. The number of hydrogen-bond donors (Lipinski definition) is 3. The van der Waals surface area contributed by atoms with Crippen LogP contribution in [-0.4, -0.2) is 19.3 Å². The van der Waals surface area contributed by atoms with E-state index in [0.717, 1.165) is 0 Å². The molecule has 8 heteroatoms. The number of nitrogens with two attached hydrogens (primary N) is 2. The first kappa shape index (κ1) is 14.9. The number of nitrogens with one attached hydrogen (secondary N) is 1. The lowest BCUT2D eigenvalue weighted by atomic mass is 10.2. The Morgan fingerprint density at radius 3 is 2.48 bits per heavy atom. The summed E-state index contributed by atoms with van der Waals surface area (Å²) in [6, 6.07) is 9.00.